The first-order valence-corrected chi connectivity index (χ1v) is 10.0. The number of halogens is 1. The van der Waals surface area contributed by atoms with E-state index in [1.807, 2.05) is 44.2 Å². The predicted octanol–water partition coefficient (Wildman–Crippen LogP) is 3.88. The molecule has 7 heteroatoms. The summed E-state index contributed by atoms with van der Waals surface area (Å²) in [5.41, 5.74) is 1.39. The molecular weight excluding hydrogens is 379 g/mol. The molecule has 28 heavy (non-hydrogen) atoms. The van der Waals surface area contributed by atoms with Gasteiger partial charge in [-0.1, -0.05) is 62.4 Å². The molecule has 0 heterocycles. The second-order valence-electron chi connectivity index (χ2n) is 6.40. The van der Waals surface area contributed by atoms with Gasteiger partial charge >= 0.3 is 6.09 Å². The fraction of sp³-hybridized carbons (Fsp3) is 0.333. The highest BCUT2D eigenvalue weighted by molar-refractivity contribution is 8.01. The molecule has 5 nitrogen and oxygen atoms in total. The van der Waals surface area contributed by atoms with Crippen LogP contribution >= 0.6 is 11.8 Å². The maximum Gasteiger partial charge on any atom is 0.408 e. The maximum atomic E-state index is 13.7. The van der Waals surface area contributed by atoms with Crippen molar-refractivity contribution in [2.45, 2.75) is 37.5 Å². The number of nitrogens with one attached hydrogen (secondary N) is 2. The van der Waals surface area contributed by atoms with E-state index in [4.69, 9.17) is 4.74 Å². The van der Waals surface area contributed by atoms with Crippen LogP contribution in [0.2, 0.25) is 0 Å². The van der Waals surface area contributed by atoms with Gasteiger partial charge in [0, 0.05) is 11.8 Å². The van der Waals surface area contributed by atoms with Crippen molar-refractivity contribution in [3.05, 3.63) is 71.5 Å². The molecule has 0 aliphatic heterocycles. The molecule has 0 radical (unpaired) electrons. The molecule has 2 N–H and O–H groups in total. The third-order valence-electron chi connectivity index (χ3n) is 3.76. The van der Waals surface area contributed by atoms with Crippen LogP contribution < -0.4 is 10.6 Å². The lowest BCUT2D eigenvalue weighted by molar-refractivity contribution is -0.121. The summed E-state index contributed by atoms with van der Waals surface area (Å²) in [5, 5.41) is 4.67. The Morgan fingerprint density at radius 2 is 1.75 bits per heavy atom. The molecule has 0 bridgehead atoms. The van der Waals surface area contributed by atoms with Gasteiger partial charge in [0.15, 0.2) is 5.37 Å². The first kappa shape index (κ1) is 21.8. The highest BCUT2D eigenvalue weighted by Crippen LogP contribution is 2.16. The average Bonchev–Trinajstić information content (AvgIpc) is 2.68. The highest BCUT2D eigenvalue weighted by atomic mass is 32.2. The number of carbonyl (C=O) groups is 2. The summed E-state index contributed by atoms with van der Waals surface area (Å²) in [6.45, 7) is 4.26. The molecule has 150 valence electrons. The van der Waals surface area contributed by atoms with Crippen LogP contribution in [0.3, 0.4) is 0 Å². The molecule has 0 saturated carbocycles. The van der Waals surface area contributed by atoms with Crippen molar-refractivity contribution in [2.75, 3.05) is 6.54 Å². The maximum absolute atomic E-state index is 13.7. The van der Waals surface area contributed by atoms with Crippen LogP contribution in [0.15, 0.2) is 54.6 Å². The molecule has 0 aliphatic carbocycles. The average molecular weight is 405 g/mol. The minimum absolute atomic E-state index is 0.122. The van der Waals surface area contributed by atoms with Gasteiger partial charge in [0.2, 0.25) is 0 Å². The van der Waals surface area contributed by atoms with E-state index in [1.165, 1.54) is 17.8 Å². The van der Waals surface area contributed by atoms with Crippen LogP contribution in [-0.4, -0.2) is 29.2 Å². The fourth-order valence-electron chi connectivity index (χ4n) is 2.42. The quantitative estimate of drug-likeness (QED) is 0.623. The molecule has 1 atom stereocenters. The second-order valence-corrected chi connectivity index (χ2v) is 8.09. The molecule has 2 rings (SSSR count). The van der Waals surface area contributed by atoms with Gasteiger partial charge < -0.3 is 15.4 Å². The number of ether oxygens (including phenoxy) is 1. The van der Waals surface area contributed by atoms with Gasteiger partial charge in [0.05, 0.1) is 0 Å². The van der Waals surface area contributed by atoms with Crippen molar-refractivity contribution in [2.24, 2.45) is 0 Å². The number of alkyl carbamates (subject to hydrolysis) is 1. The Balaban J connectivity index is 1.84. The number of benzene rings is 2. The number of thioether (sulfide) groups is 1. The van der Waals surface area contributed by atoms with Gasteiger partial charge in [0.25, 0.3) is 5.91 Å². The molecule has 1 unspecified atom stereocenters. The van der Waals surface area contributed by atoms with Crippen molar-refractivity contribution in [1.82, 2.24) is 10.6 Å². The van der Waals surface area contributed by atoms with Crippen LogP contribution in [0.5, 0.6) is 0 Å². The fourth-order valence-corrected chi connectivity index (χ4v) is 3.34. The van der Waals surface area contributed by atoms with E-state index in [0.717, 1.165) is 5.56 Å². The van der Waals surface area contributed by atoms with Crippen molar-refractivity contribution in [1.29, 1.82) is 0 Å². The summed E-state index contributed by atoms with van der Waals surface area (Å²) < 4.78 is 18.8. The second kappa shape index (κ2) is 11.3. The predicted molar refractivity (Wildman–Crippen MR) is 109 cm³/mol. The standard InChI is InChI=1S/C21H25FN2O3S/c1-15(2)28-20(24-21(26)27-14-16-8-4-3-5-9-16)19(25)23-13-12-17-10-6-7-11-18(17)22/h3-11,15,20H,12-14H2,1-2H3,(H,23,25)(H,24,26). The summed E-state index contributed by atoms with van der Waals surface area (Å²) in [6.07, 6.45) is -0.290. The van der Waals surface area contributed by atoms with Crippen molar-refractivity contribution in [3.63, 3.8) is 0 Å². The first-order chi connectivity index (χ1) is 13.5. The van der Waals surface area contributed by atoms with Crippen LogP contribution in [-0.2, 0) is 22.6 Å². The van der Waals surface area contributed by atoms with E-state index in [-0.39, 0.29) is 30.1 Å². The SMILES string of the molecule is CC(C)SC(NC(=O)OCc1ccccc1)C(=O)NCCc1ccccc1F. The van der Waals surface area contributed by atoms with Crippen molar-refractivity contribution >= 4 is 23.8 Å². The van der Waals surface area contributed by atoms with Crippen LogP contribution in [0.4, 0.5) is 9.18 Å². The minimum Gasteiger partial charge on any atom is -0.445 e. The van der Waals surface area contributed by atoms with Crippen LogP contribution in [0.1, 0.15) is 25.0 Å². The lowest BCUT2D eigenvalue weighted by Gasteiger charge is -2.19. The smallest absolute Gasteiger partial charge is 0.408 e. The Labute approximate surface area is 169 Å². The van der Waals surface area contributed by atoms with Gasteiger partial charge in [-0.3, -0.25) is 4.79 Å². The summed E-state index contributed by atoms with van der Waals surface area (Å²) in [5.74, 6) is -0.640. The van der Waals surface area contributed by atoms with E-state index in [9.17, 15) is 14.0 Å². The molecule has 0 spiro atoms. The minimum atomic E-state index is -0.788. The van der Waals surface area contributed by atoms with Gasteiger partial charge in [-0.2, -0.15) is 0 Å². The zero-order valence-electron chi connectivity index (χ0n) is 16.0. The highest BCUT2D eigenvalue weighted by Gasteiger charge is 2.23. The van der Waals surface area contributed by atoms with Crippen molar-refractivity contribution in [3.8, 4) is 0 Å². The van der Waals surface area contributed by atoms with Gasteiger partial charge in [0.1, 0.15) is 12.4 Å². The summed E-state index contributed by atoms with van der Waals surface area (Å²) in [7, 11) is 0. The number of rotatable bonds is 9. The van der Waals surface area contributed by atoms with E-state index >= 15 is 0 Å². The first-order valence-electron chi connectivity index (χ1n) is 9.09. The molecule has 0 aromatic heterocycles. The molecule has 0 fully saturated rings. The van der Waals surface area contributed by atoms with E-state index in [1.54, 1.807) is 18.2 Å². The molecule has 2 aromatic rings. The molecule has 0 aliphatic rings. The van der Waals surface area contributed by atoms with Crippen LogP contribution in [0.25, 0.3) is 0 Å². The normalized spacial score (nSPS) is 11.7. The van der Waals surface area contributed by atoms with E-state index < -0.39 is 11.5 Å². The Kier molecular flexibility index (Phi) is 8.81. The Hall–Kier alpha value is -2.54. The lowest BCUT2D eigenvalue weighted by atomic mass is 10.1. The van der Waals surface area contributed by atoms with Gasteiger partial charge in [-0.25, -0.2) is 9.18 Å². The molecule has 2 aromatic carbocycles. The molecule has 2 amide bonds. The van der Waals surface area contributed by atoms with Crippen molar-refractivity contribution < 1.29 is 18.7 Å². The number of hydrogen-bond donors (Lipinski definition) is 2. The Bertz CT molecular complexity index is 771. The topological polar surface area (TPSA) is 67.4 Å². The zero-order chi connectivity index (χ0) is 20.4. The summed E-state index contributed by atoms with van der Waals surface area (Å²) >= 11 is 1.31. The van der Waals surface area contributed by atoms with Gasteiger partial charge in [-0.15, -0.1) is 11.8 Å². The monoisotopic (exact) mass is 404 g/mol. The zero-order valence-corrected chi connectivity index (χ0v) is 16.8. The molecule has 0 saturated heterocycles. The lowest BCUT2D eigenvalue weighted by Crippen LogP contribution is -2.46. The van der Waals surface area contributed by atoms with Crippen LogP contribution in [0, 0.1) is 5.82 Å². The number of amides is 2. The Morgan fingerprint density at radius 1 is 1.07 bits per heavy atom. The third kappa shape index (κ3) is 7.60. The largest absolute Gasteiger partial charge is 0.445 e. The van der Waals surface area contributed by atoms with Gasteiger partial charge in [-0.05, 0) is 23.6 Å². The molecular formula is C21H25FN2O3S. The number of carbonyl (C=O) groups excluding carboxylic acids is 2. The summed E-state index contributed by atoms with van der Waals surface area (Å²) in [6, 6.07) is 15.7. The van der Waals surface area contributed by atoms with E-state index in [2.05, 4.69) is 10.6 Å². The Morgan fingerprint density at radius 3 is 2.43 bits per heavy atom. The number of hydrogen-bond acceptors (Lipinski definition) is 4. The third-order valence-corrected chi connectivity index (χ3v) is 4.91. The van der Waals surface area contributed by atoms with E-state index in [0.29, 0.717) is 12.0 Å². The summed E-state index contributed by atoms with van der Waals surface area (Å²) in [4.78, 5) is 24.5.